The number of carbonyl (C=O) groups excluding carboxylic acids is 3. The van der Waals surface area contributed by atoms with Crippen LogP contribution >= 0.6 is 11.3 Å². The number of anilines is 2. The Balaban J connectivity index is 1.41. The molecule has 0 aliphatic carbocycles. The number of thiazole rings is 1. The molecule has 0 bridgehead atoms. The number of aromatic nitrogens is 1. The fraction of sp³-hybridized carbons (Fsp3) is 0.318. The molecular formula is C22H21N3O7S. The lowest BCUT2D eigenvalue weighted by Gasteiger charge is -2.10. The molecule has 1 aliphatic rings. The third-order valence-corrected chi connectivity index (χ3v) is 5.82. The van der Waals surface area contributed by atoms with E-state index >= 15 is 0 Å². The van der Waals surface area contributed by atoms with Crippen LogP contribution in [0.5, 0.6) is 0 Å². The Kier molecular flexibility index (Phi) is 6.68. The number of hydrogen-bond donors (Lipinski definition) is 1. The minimum Gasteiger partial charge on any atom is -0.460 e. The van der Waals surface area contributed by atoms with Crippen molar-refractivity contribution in [2.45, 2.75) is 32.8 Å². The van der Waals surface area contributed by atoms with E-state index in [0.29, 0.717) is 40.4 Å². The van der Waals surface area contributed by atoms with Crippen LogP contribution in [0.1, 0.15) is 31.0 Å². The van der Waals surface area contributed by atoms with Crippen LogP contribution < -0.4 is 15.8 Å². The smallest absolute Gasteiger partial charge is 0.411 e. The molecule has 33 heavy (non-hydrogen) atoms. The van der Waals surface area contributed by atoms with E-state index in [1.54, 1.807) is 29.3 Å². The molecule has 0 radical (unpaired) electrons. The molecule has 1 aliphatic heterocycles. The van der Waals surface area contributed by atoms with Crippen LogP contribution in [0.25, 0.3) is 11.0 Å². The highest BCUT2D eigenvalue weighted by Gasteiger charge is 2.24. The number of fused-ring (bicyclic) bond motifs is 1. The molecule has 0 spiro atoms. The van der Waals surface area contributed by atoms with Crippen LogP contribution in [0.3, 0.4) is 0 Å². The Hall–Kier alpha value is -3.73. The SMILES string of the molecule is CCOC(=O)Nc1ccc2c(COC(=O)Cc3csc(N4CCCC4=O)n3)cc(=O)oc2c1. The fourth-order valence-electron chi connectivity index (χ4n) is 3.42. The Bertz CT molecular complexity index is 1270. The predicted molar refractivity (Wildman–Crippen MR) is 120 cm³/mol. The summed E-state index contributed by atoms with van der Waals surface area (Å²) in [6, 6.07) is 6.03. The summed E-state index contributed by atoms with van der Waals surface area (Å²) in [7, 11) is 0. The van der Waals surface area contributed by atoms with Crippen molar-refractivity contribution in [3.8, 4) is 0 Å². The number of rotatable bonds is 7. The molecule has 1 saturated heterocycles. The van der Waals surface area contributed by atoms with Crippen molar-refractivity contribution in [3.63, 3.8) is 0 Å². The van der Waals surface area contributed by atoms with Crippen LogP contribution in [-0.2, 0) is 32.1 Å². The van der Waals surface area contributed by atoms with Crippen LogP contribution in [0.4, 0.5) is 15.6 Å². The molecular weight excluding hydrogens is 450 g/mol. The van der Waals surface area contributed by atoms with Crippen molar-refractivity contribution in [2.75, 3.05) is 23.4 Å². The number of nitrogens with one attached hydrogen (secondary N) is 1. The first-order valence-electron chi connectivity index (χ1n) is 10.3. The monoisotopic (exact) mass is 471 g/mol. The zero-order chi connectivity index (χ0) is 23.4. The first kappa shape index (κ1) is 22.5. The van der Waals surface area contributed by atoms with Gasteiger partial charge in [-0.15, -0.1) is 11.3 Å². The average Bonchev–Trinajstić information content (AvgIpc) is 3.40. The second kappa shape index (κ2) is 9.82. The number of esters is 1. The molecule has 0 unspecified atom stereocenters. The van der Waals surface area contributed by atoms with Gasteiger partial charge in [0.1, 0.15) is 12.2 Å². The van der Waals surface area contributed by atoms with E-state index in [-0.39, 0.29) is 31.1 Å². The van der Waals surface area contributed by atoms with Crippen molar-refractivity contribution in [2.24, 2.45) is 0 Å². The molecule has 11 heteroatoms. The minimum absolute atomic E-state index is 0.0360. The highest BCUT2D eigenvalue weighted by molar-refractivity contribution is 7.14. The summed E-state index contributed by atoms with van der Waals surface area (Å²) in [5, 5.41) is 5.42. The zero-order valence-electron chi connectivity index (χ0n) is 17.8. The lowest BCUT2D eigenvalue weighted by atomic mass is 10.1. The van der Waals surface area contributed by atoms with Gasteiger partial charge >= 0.3 is 17.7 Å². The first-order valence-corrected chi connectivity index (χ1v) is 11.2. The number of nitrogens with zero attached hydrogens (tertiary/aromatic N) is 2. The molecule has 1 N–H and O–H groups in total. The molecule has 0 saturated carbocycles. The summed E-state index contributed by atoms with van der Waals surface area (Å²) < 4.78 is 15.4. The summed E-state index contributed by atoms with van der Waals surface area (Å²) in [5.74, 6) is -0.476. The Morgan fingerprint density at radius 3 is 2.85 bits per heavy atom. The summed E-state index contributed by atoms with van der Waals surface area (Å²) in [6.45, 7) is 2.42. The van der Waals surface area contributed by atoms with Gasteiger partial charge in [0.15, 0.2) is 5.13 Å². The van der Waals surface area contributed by atoms with Crippen molar-refractivity contribution < 1.29 is 28.3 Å². The van der Waals surface area contributed by atoms with Crippen LogP contribution in [0.2, 0.25) is 0 Å². The van der Waals surface area contributed by atoms with E-state index in [1.165, 1.54) is 23.5 Å². The highest BCUT2D eigenvalue weighted by atomic mass is 32.1. The lowest BCUT2D eigenvalue weighted by molar-refractivity contribution is -0.144. The van der Waals surface area contributed by atoms with Crippen molar-refractivity contribution in [3.05, 3.63) is 51.3 Å². The van der Waals surface area contributed by atoms with E-state index in [9.17, 15) is 19.2 Å². The molecule has 3 aromatic rings. The number of carbonyl (C=O) groups is 3. The second-order valence-corrected chi connectivity index (χ2v) is 8.09. The number of ether oxygens (including phenoxy) is 2. The second-order valence-electron chi connectivity index (χ2n) is 7.25. The number of amides is 2. The van der Waals surface area contributed by atoms with E-state index in [4.69, 9.17) is 13.9 Å². The van der Waals surface area contributed by atoms with Crippen LogP contribution in [0, 0.1) is 0 Å². The minimum atomic E-state index is -0.622. The maximum Gasteiger partial charge on any atom is 0.411 e. The standard InChI is InChI=1S/C22H21N3O7S/c1-2-30-22(29)24-14-5-6-16-13(8-20(28)32-17(16)9-14)11-31-19(27)10-15-12-33-21(23-15)25-7-3-4-18(25)26/h5-6,8-9,12H,2-4,7,10-11H2,1H3,(H,24,29). The molecule has 4 rings (SSSR count). The Morgan fingerprint density at radius 1 is 1.24 bits per heavy atom. The topological polar surface area (TPSA) is 128 Å². The summed E-state index contributed by atoms with van der Waals surface area (Å²) in [6.07, 6.45) is 0.639. The van der Waals surface area contributed by atoms with Gasteiger partial charge in [-0.25, -0.2) is 14.6 Å². The predicted octanol–water partition coefficient (Wildman–Crippen LogP) is 3.23. The van der Waals surface area contributed by atoms with E-state index in [2.05, 4.69) is 10.3 Å². The van der Waals surface area contributed by atoms with Gasteiger partial charge in [-0.05, 0) is 25.5 Å². The molecule has 3 heterocycles. The van der Waals surface area contributed by atoms with E-state index in [1.807, 2.05) is 0 Å². The first-order chi connectivity index (χ1) is 15.9. The Labute approximate surface area is 192 Å². The van der Waals surface area contributed by atoms with E-state index in [0.717, 1.165) is 6.42 Å². The largest absolute Gasteiger partial charge is 0.460 e. The van der Waals surface area contributed by atoms with Crippen molar-refractivity contribution >= 4 is 51.1 Å². The van der Waals surface area contributed by atoms with Gasteiger partial charge in [0, 0.05) is 47.1 Å². The zero-order valence-corrected chi connectivity index (χ0v) is 18.6. The third kappa shape index (κ3) is 5.37. The van der Waals surface area contributed by atoms with Gasteiger partial charge < -0.3 is 13.9 Å². The van der Waals surface area contributed by atoms with Gasteiger partial charge in [0.05, 0.1) is 18.7 Å². The van der Waals surface area contributed by atoms with Crippen LogP contribution in [0.15, 0.2) is 38.9 Å². The lowest BCUT2D eigenvalue weighted by Crippen LogP contribution is -2.23. The maximum absolute atomic E-state index is 12.3. The van der Waals surface area contributed by atoms with Crippen molar-refractivity contribution in [1.29, 1.82) is 0 Å². The number of benzene rings is 1. The van der Waals surface area contributed by atoms with Gasteiger partial charge in [0.25, 0.3) is 0 Å². The normalized spacial score (nSPS) is 13.4. The summed E-state index contributed by atoms with van der Waals surface area (Å²) in [5.41, 5.74) is 1.02. The maximum atomic E-state index is 12.3. The van der Waals surface area contributed by atoms with Gasteiger partial charge in [0.2, 0.25) is 5.91 Å². The van der Waals surface area contributed by atoms with Crippen LogP contribution in [-0.4, -0.2) is 36.1 Å². The summed E-state index contributed by atoms with van der Waals surface area (Å²) in [4.78, 5) is 53.7. The molecule has 2 amide bonds. The van der Waals surface area contributed by atoms with Gasteiger partial charge in [-0.1, -0.05) is 0 Å². The molecule has 10 nitrogen and oxygen atoms in total. The highest BCUT2D eigenvalue weighted by Crippen LogP contribution is 2.26. The average molecular weight is 471 g/mol. The molecule has 1 aromatic carbocycles. The fourth-order valence-corrected chi connectivity index (χ4v) is 4.29. The van der Waals surface area contributed by atoms with Gasteiger partial charge in [-0.2, -0.15) is 0 Å². The molecule has 2 aromatic heterocycles. The quantitative estimate of drug-likeness (QED) is 0.411. The molecule has 0 atom stereocenters. The van der Waals surface area contributed by atoms with Crippen molar-refractivity contribution in [1.82, 2.24) is 4.98 Å². The van der Waals surface area contributed by atoms with E-state index < -0.39 is 17.7 Å². The number of hydrogen-bond acceptors (Lipinski definition) is 9. The molecule has 172 valence electrons. The summed E-state index contributed by atoms with van der Waals surface area (Å²) >= 11 is 1.31. The third-order valence-electron chi connectivity index (χ3n) is 4.91. The van der Waals surface area contributed by atoms with Gasteiger partial charge in [-0.3, -0.25) is 19.8 Å². The Morgan fingerprint density at radius 2 is 2.09 bits per heavy atom. The molecule has 1 fully saturated rings.